The molecule has 2 saturated carbocycles. The van der Waals surface area contributed by atoms with Gasteiger partial charge in [-0.25, -0.2) is 13.2 Å². The lowest BCUT2D eigenvalue weighted by Gasteiger charge is -2.35. The van der Waals surface area contributed by atoms with Gasteiger partial charge in [-0.05, 0) is 66.2 Å². The summed E-state index contributed by atoms with van der Waals surface area (Å²) in [5, 5.41) is 9.42. The first-order valence-corrected chi connectivity index (χ1v) is 19.3. The van der Waals surface area contributed by atoms with Crippen LogP contribution in [0.25, 0.3) is 11.1 Å². The molecule has 0 aromatic heterocycles. The van der Waals surface area contributed by atoms with Crippen LogP contribution in [0.4, 0.5) is 4.79 Å². The summed E-state index contributed by atoms with van der Waals surface area (Å²) < 4.78 is 38.8. The number of hydrogen-bond acceptors (Lipinski definition) is 10. The average molecular weight is 746 g/mol. The quantitative estimate of drug-likeness (QED) is 0.320. The molecule has 4 bridgehead atoms. The lowest BCUT2D eigenvalue weighted by molar-refractivity contribution is -0.143. The number of carbonyl (C=O) groups is 4. The van der Waals surface area contributed by atoms with E-state index >= 15 is 0 Å². The van der Waals surface area contributed by atoms with E-state index in [4.69, 9.17) is 14.3 Å². The van der Waals surface area contributed by atoms with Gasteiger partial charge in [0.2, 0.25) is 21.8 Å². The Kier molecular flexibility index (Phi) is 9.33. The second kappa shape index (κ2) is 13.7. The number of benzene rings is 2. The lowest BCUT2D eigenvalue weighted by Crippen LogP contribution is -2.60. The van der Waals surface area contributed by atoms with E-state index in [1.807, 2.05) is 42.5 Å². The first kappa shape index (κ1) is 36.2. The molecular formula is C38H43N5O9S. The minimum Gasteiger partial charge on any atom is -0.490 e. The monoisotopic (exact) mass is 745 g/mol. The molecule has 3 N–H and O–H groups in total. The number of oxime groups is 1. The molecule has 3 unspecified atom stereocenters. The number of sulfonamides is 1. The number of nitrogens with one attached hydrogen (secondary N) is 3. The third kappa shape index (κ3) is 7.13. The Morgan fingerprint density at radius 1 is 1.02 bits per heavy atom. The van der Waals surface area contributed by atoms with Crippen molar-refractivity contribution in [2.24, 2.45) is 16.5 Å². The van der Waals surface area contributed by atoms with Gasteiger partial charge in [0.15, 0.2) is 0 Å². The summed E-state index contributed by atoms with van der Waals surface area (Å²) in [7, 11) is -3.90. The molecule has 280 valence electrons. The highest BCUT2D eigenvalue weighted by Crippen LogP contribution is 2.46. The fourth-order valence-corrected chi connectivity index (χ4v) is 8.47. The highest BCUT2D eigenvalue weighted by Gasteiger charge is 2.62. The van der Waals surface area contributed by atoms with E-state index in [9.17, 15) is 27.6 Å². The number of carbonyl (C=O) groups excluding carboxylic acids is 4. The van der Waals surface area contributed by atoms with Gasteiger partial charge in [0.05, 0.1) is 11.8 Å². The second-order valence-electron chi connectivity index (χ2n) is 15.2. The summed E-state index contributed by atoms with van der Waals surface area (Å²) in [5.74, 6) is -2.03. The Labute approximate surface area is 308 Å². The molecule has 0 radical (unpaired) electrons. The number of rotatable bonds is 6. The maximum absolute atomic E-state index is 14.4. The highest BCUT2D eigenvalue weighted by atomic mass is 32.2. The van der Waals surface area contributed by atoms with Crippen molar-refractivity contribution in [2.75, 3.05) is 19.8 Å². The Morgan fingerprint density at radius 3 is 2.40 bits per heavy atom. The average Bonchev–Trinajstić information content (AvgIpc) is 4.03. The number of amides is 4. The third-order valence-corrected chi connectivity index (χ3v) is 12.1. The van der Waals surface area contributed by atoms with E-state index in [2.05, 4.69) is 27.1 Å². The molecule has 0 spiro atoms. The normalized spacial score (nSPS) is 28.5. The molecular weight excluding hydrogens is 703 g/mol. The highest BCUT2D eigenvalue weighted by molar-refractivity contribution is 7.91. The largest absolute Gasteiger partial charge is 0.490 e. The van der Waals surface area contributed by atoms with Crippen molar-refractivity contribution in [3.8, 4) is 16.9 Å². The number of ether oxygens (including phenoxy) is 2. The number of alkyl carbamates (subject to hydrolysis) is 1. The van der Waals surface area contributed by atoms with Crippen molar-refractivity contribution in [2.45, 2.75) is 75.4 Å². The Hall–Kier alpha value is -5.18. The maximum atomic E-state index is 14.4. The molecule has 2 aliphatic heterocycles. The summed E-state index contributed by atoms with van der Waals surface area (Å²) in [6.45, 7) is 9.16. The van der Waals surface area contributed by atoms with Gasteiger partial charge in [0.25, 0.3) is 5.91 Å². The molecule has 2 aromatic rings. The SMILES string of the molecule is C=C[C@@H]1CC1(NC(=O)C1CC2CN1C(=O)[C@H](C(C)(C)C)NC(=O)OC/C=C\COc1ccc3c(c1)/C(=N/O2)c1ccccc1-3)C(=O)NS(=O)(=O)C1CC1. The standard InChI is InChI=1S/C38H43N5O9S/c1-5-22-20-38(22,35(46)42-53(48,49)25-13-14-25)40-33(44)30-19-24-21-43(30)34(45)32(37(2,3)4)39-36(47)51-17-9-8-16-50-23-12-15-27-26-10-6-7-11-28(26)31(41-52-24)29(27)18-23/h5-12,15,18,22,24-25,30,32H,1,13-14,16-17,19-21H2,2-4H3,(H,39,47)(H,40,44)(H,42,46)/b9-8-,41-31+/t22-,24?,30?,32-,38?/m1/s1. The molecule has 5 atom stereocenters. The molecule has 1 saturated heterocycles. The van der Waals surface area contributed by atoms with Crippen LogP contribution in [0.1, 0.15) is 57.6 Å². The van der Waals surface area contributed by atoms with E-state index in [-0.39, 0.29) is 32.6 Å². The zero-order chi connectivity index (χ0) is 37.7. The number of cyclic esters (lactones) is 1. The van der Waals surface area contributed by atoms with E-state index in [0.717, 1.165) is 22.3 Å². The zero-order valence-electron chi connectivity index (χ0n) is 29.8. The van der Waals surface area contributed by atoms with Gasteiger partial charge in [0.1, 0.15) is 48.4 Å². The van der Waals surface area contributed by atoms with Gasteiger partial charge < -0.3 is 29.8 Å². The summed E-state index contributed by atoms with van der Waals surface area (Å²) in [4.78, 5) is 62.6. The minimum absolute atomic E-state index is 0.00502. The van der Waals surface area contributed by atoms with Crippen molar-refractivity contribution in [3.63, 3.8) is 0 Å². The van der Waals surface area contributed by atoms with Crippen LogP contribution in [0.15, 0.2) is 72.4 Å². The maximum Gasteiger partial charge on any atom is 0.408 e. The first-order valence-electron chi connectivity index (χ1n) is 17.7. The van der Waals surface area contributed by atoms with Crippen molar-refractivity contribution in [1.29, 1.82) is 0 Å². The molecule has 2 aromatic carbocycles. The molecule has 4 amide bonds. The number of fused-ring (bicyclic) bond motifs is 6. The molecule has 3 fully saturated rings. The van der Waals surface area contributed by atoms with Crippen LogP contribution in [0, 0.1) is 11.3 Å². The Bertz CT molecular complexity index is 2040. The van der Waals surface area contributed by atoms with Gasteiger partial charge in [-0.2, -0.15) is 0 Å². The van der Waals surface area contributed by atoms with E-state index in [0.29, 0.717) is 24.3 Å². The van der Waals surface area contributed by atoms with Crippen LogP contribution in [-0.4, -0.2) is 91.6 Å². The third-order valence-electron chi connectivity index (χ3n) is 10.3. The van der Waals surface area contributed by atoms with Gasteiger partial charge >= 0.3 is 6.09 Å². The van der Waals surface area contributed by atoms with Crippen molar-refractivity contribution >= 4 is 39.5 Å². The van der Waals surface area contributed by atoms with Crippen molar-refractivity contribution in [3.05, 3.63) is 78.4 Å². The second-order valence-corrected chi connectivity index (χ2v) is 17.1. The van der Waals surface area contributed by atoms with Gasteiger partial charge in [-0.1, -0.05) is 56.3 Å². The van der Waals surface area contributed by atoms with Crippen LogP contribution in [-0.2, 0) is 34.0 Å². The predicted molar refractivity (Wildman–Crippen MR) is 194 cm³/mol. The summed E-state index contributed by atoms with van der Waals surface area (Å²) >= 11 is 0. The fraction of sp³-hybridized carbons (Fsp3) is 0.447. The lowest BCUT2D eigenvalue weighted by atomic mass is 9.85. The van der Waals surface area contributed by atoms with Crippen molar-refractivity contribution < 1.29 is 41.9 Å². The summed E-state index contributed by atoms with van der Waals surface area (Å²) in [6, 6.07) is 11.2. The molecule has 3 aliphatic carbocycles. The summed E-state index contributed by atoms with van der Waals surface area (Å²) in [5.41, 5.74) is 1.72. The predicted octanol–water partition coefficient (Wildman–Crippen LogP) is 3.16. The fourth-order valence-electron chi connectivity index (χ4n) is 7.10. The Morgan fingerprint density at radius 2 is 1.72 bits per heavy atom. The molecule has 53 heavy (non-hydrogen) atoms. The molecule has 5 aliphatic rings. The van der Waals surface area contributed by atoms with Crippen LogP contribution in [0.2, 0.25) is 0 Å². The van der Waals surface area contributed by atoms with Gasteiger partial charge in [0, 0.05) is 23.5 Å². The molecule has 14 nitrogen and oxygen atoms in total. The topological polar surface area (TPSA) is 182 Å². The van der Waals surface area contributed by atoms with E-state index in [1.54, 1.807) is 32.9 Å². The molecule has 7 rings (SSSR count). The van der Waals surface area contributed by atoms with Gasteiger partial charge in [-0.3, -0.25) is 19.1 Å². The molecule has 2 heterocycles. The number of nitrogens with zero attached hydrogens (tertiary/aromatic N) is 2. The number of hydrogen-bond donors (Lipinski definition) is 3. The zero-order valence-corrected chi connectivity index (χ0v) is 30.6. The van der Waals surface area contributed by atoms with Crippen molar-refractivity contribution in [1.82, 2.24) is 20.3 Å². The van der Waals surface area contributed by atoms with E-state index in [1.165, 1.54) is 11.0 Å². The van der Waals surface area contributed by atoms with E-state index < -0.39 is 74.1 Å². The van der Waals surface area contributed by atoms with Crippen LogP contribution >= 0.6 is 0 Å². The van der Waals surface area contributed by atoms with Crippen LogP contribution in [0.3, 0.4) is 0 Å². The minimum atomic E-state index is -3.90. The van der Waals surface area contributed by atoms with Gasteiger partial charge in [-0.15, -0.1) is 6.58 Å². The van der Waals surface area contributed by atoms with Crippen LogP contribution in [0.5, 0.6) is 5.75 Å². The Balaban J connectivity index is 1.22. The first-order chi connectivity index (χ1) is 25.2. The van der Waals surface area contributed by atoms with Crippen LogP contribution < -0.4 is 20.1 Å². The molecule has 15 heteroatoms. The summed E-state index contributed by atoms with van der Waals surface area (Å²) in [6.07, 6.45) is 4.29. The smallest absolute Gasteiger partial charge is 0.408 e.